The molecule has 4 N–H and O–H groups in total. The summed E-state index contributed by atoms with van der Waals surface area (Å²) >= 11 is 6.74. The lowest BCUT2D eigenvalue weighted by atomic mass is 9.77. The Morgan fingerprint density at radius 3 is 2.44 bits per heavy atom. The van der Waals surface area contributed by atoms with E-state index < -0.39 is 29.7 Å². The van der Waals surface area contributed by atoms with Crippen molar-refractivity contribution in [3.8, 4) is 22.3 Å². The summed E-state index contributed by atoms with van der Waals surface area (Å²) in [4.78, 5) is 83.1. The molecule has 1 spiro atoms. The zero-order valence-electron chi connectivity index (χ0n) is 31.2. The molecule has 16 heteroatoms. The first-order chi connectivity index (χ1) is 27.6. The molecule has 3 saturated heterocycles. The van der Waals surface area contributed by atoms with E-state index in [0.717, 1.165) is 78.2 Å². The number of fused-ring (bicyclic) bond motifs is 1. The molecule has 4 aliphatic heterocycles. The maximum atomic E-state index is 13.3. The van der Waals surface area contributed by atoms with E-state index in [4.69, 9.17) is 11.6 Å². The molecule has 1 unspecified atom stereocenters. The number of unbranched alkanes of at least 4 members (excludes halogenated alkanes) is 1. The van der Waals surface area contributed by atoms with Crippen molar-refractivity contribution in [2.24, 2.45) is 5.41 Å². The van der Waals surface area contributed by atoms with Crippen LogP contribution in [0, 0.1) is 5.41 Å². The summed E-state index contributed by atoms with van der Waals surface area (Å²) in [6.45, 7) is 3.25. The van der Waals surface area contributed by atoms with Crippen LogP contribution in [0.25, 0.3) is 22.3 Å². The molecule has 2 aromatic carbocycles. The van der Waals surface area contributed by atoms with E-state index in [2.05, 4.69) is 60.5 Å². The van der Waals surface area contributed by atoms with Gasteiger partial charge in [0.1, 0.15) is 6.04 Å². The summed E-state index contributed by atoms with van der Waals surface area (Å²) in [7, 11) is 0. The van der Waals surface area contributed by atoms with Gasteiger partial charge in [0.2, 0.25) is 23.6 Å². The van der Waals surface area contributed by atoms with E-state index >= 15 is 0 Å². The van der Waals surface area contributed by atoms with Gasteiger partial charge in [0, 0.05) is 74.5 Å². The monoisotopic (exact) mass is 791 g/mol. The number of piperidine rings is 2. The van der Waals surface area contributed by atoms with Crippen LogP contribution in [0.15, 0.2) is 67.3 Å². The molecule has 6 heterocycles. The number of carbonyl (C=O) groups is 6. The fourth-order valence-corrected chi connectivity index (χ4v) is 8.59. The Morgan fingerprint density at radius 1 is 0.895 bits per heavy atom. The van der Waals surface area contributed by atoms with Gasteiger partial charge in [0.25, 0.3) is 11.8 Å². The van der Waals surface area contributed by atoms with Crippen LogP contribution >= 0.6 is 11.6 Å². The average Bonchev–Trinajstić information content (AvgIpc) is 3.90. The standard InChI is InChI=1S/C41H42ClN9O6/c42-30-22-43-21-29(36(30)49-18-13-41(14-19-49)12-16-45-40(41)57)26-8-6-25(7-9-26)27-20-47-50(24-27)17-2-1-15-44-34(53)23-46-31-5-3-4-28-35(31)39(56)51(38(28)55)32-10-11-33(52)48-37(32)54/h3-9,20-22,24,32,46H,1-2,10-19,23H2,(H,44,53)(H,45,57)(H,48,52,54). The quantitative estimate of drug-likeness (QED) is 0.122. The van der Waals surface area contributed by atoms with Gasteiger partial charge in [0.05, 0.1) is 40.0 Å². The van der Waals surface area contributed by atoms with E-state index in [1.165, 1.54) is 6.07 Å². The highest BCUT2D eigenvalue weighted by Crippen LogP contribution is 2.43. The number of aromatic nitrogens is 3. The summed E-state index contributed by atoms with van der Waals surface area (Å²) in [6, 6.07) is 11.9. The molecule has 2 aromatic heterocycles. The fourth-order valence-electron chi connectivity index (χ4n) is 8.32. The molecule has 1 atom stereocenters. The SMILES string of the molecule is O=C(CNc1cccc2c1C(=O)N(C1CCC(=O)NC1=O)C2=O)NCCCCn1cc(-c2ccc(-c3cncc(Cl)c3N3CCC4(CCNC4=O)CC3)cc2)cn1. The zero-order chi connectivity index (χ0) is 39.7. The van der Waals surface area contributed by atoms with Gasteiger partial charge >= 0.3 is 0 Å². The van der Waals surface area contributed by atoms with E-state index in [-0.39, 0.29) is 47.7 Å². The predicted octanol–water partition coefficient (Wildman–Crippen LogP) is 3.78. The topological polar surface area (TPSA) is 188 Å². The number of nitrogens with one attached hydrogen (secondary N) is 4. The number of pyridine rings is 1. The second-order valence-corrected chi connectivity index (χ2v) is 15.4. The third-order valence-corrected chi connectivity index (χ3v) is 11.8. The number of anilines is 2. The second kappa shape index (κ2) is 15.8. The number of imide groups is 2. The van der Waals surface area contributed by atoms with Gasteiger partial charge in [0.15, 0.2) is 0 Å². The molecule has 4 aromatic rings. The van der Waals surface area contributed by atoms with Gasteiger partial charge in [-0.05, 0) is 61.8 Å². The van der Waals surface area contributed by atoms with Crippen LogP contribution in [0.1, 0.15) is 65.7 Å². The Morgan fingerprint density at radius 2 is 1.68 bits per heavy atom. The van der Waals surface area contributed by atoms with Gasteiger partial charge < -0.3 is 20.9 Å². The molecule has 294 valence electrons. The van der Waals surface area contributed by atoms with Crippen LogP contribution < -0.4 is 26.2 Å². The van der Waals surface area contributed by atoms with Crippen molar-refractivity contribution >= 4 is 58.4 Å². The number of halogens is 1. The van der Waals surface area contributed by atoms with Crippen LogP contribution in [-0.4, -0.2) is 93.9 Å². The van der Waals surface area contributed by atoms with Crippen molar-refractivity contribution in [3.63, 3.8) is 0 Å². The minimum Gasteiger partial charge on any atom is -0.375 e. The van der Waals surface area contributed by atoms with Gasteiger partial charge in [-0.2, -0.15) is 5.10 Å². The van der Waals surface area contributed by atoms with Crippen LogP contribution in [0.4, 0.5) is 11.4 Å². The lowest BCUT2D eigenvalue weighted by Crippen LogP contribution is -2.54. The number of rotatable bonds is 12. The van der Waals surface area contributed by atoms with Crippen molar-refractivity contribution in [2.75, 3.05) is 42.9 Å². The van der Waals surface area contributed by atoms with Crippen LogP contribution in [-0.2, 0) is 25.7 Å². The first-order valence-electron chi connectivity index (χ1n) is 19.3. The summed E-state index contributed by atoms with van der Waals surface area (Å²) in [5.74, 6) is -2.47. The van der Waals surface area contributed by atoms with Crippen molar-refractivity contribution < 1.29 is 28.8 Å². The Balaban J connectivity index is 0.800. The average molecular weight is 792 g/mol. The second-order valence-electron chi connectivity index (χ2n) is 14.9. The number of aryl methyl sites for hydroxylation is 1. The van der Waals surface area contributed by atoms with Crippen LogP contribution in [0.3, 0.4) is 0 Å². The predicted molar refractivity (Wildman–Crippen MR) is 211 cm³/mol. The van der Waals surface area contributed by atoms with Gasteiger partial charge in [-0.15, -0.1) is 0 Å². The molecule has 6 amide bonds. The maximum Gasteiger partial charge on any atom is 0.264 e. The molecule has 4 aliphatic rings. The Bertz CT molecular complexity index is 2270. The number of hydrogen-bond acceptors (Lipinski definition) is 10. The highest BCUT2D eigenvalue weighted by molar-refractivity contribution is 6.34. The third-order valence-electron chi connectivity index (χ3n) is 11.5. The molecule has 0 radical (unpaired) electrons. The highest BCUT2D eigenvalue weighted by Gasteiger charge is 2.46. The van der Waals surface area contributed by atoms with Gasteiger partial charge in [-0.1, -0.05) is 41.9 Å². The van der Waals surface area contributed by atoms with Crippen molar-refractivity contribution in [3.05, 3.63) is 83.4 Å². The van der Waals surface area contributed by atoms with E-state index in [0.29, 0.717) is 30.2 Å². The lowest BCUT2D eigenvalue weighted by Gasteiger charge is -2.39. The minimum absolute atomic E-state index is 0.0314. The van der Waals surface area contributed by atoms with Crippen LogP contribution in [0.5, 0.6) is 0 Å². The molecule has 0 aliphatic carbocycles. The Hall–Kier alpha value is -6.09. The molecule has 0 saturated carbocycles. The molecule has 15 nitrogen and oxygen atoms in total. The van der Waals surface area contributed by atoms with Gasteiger partial charge in [-0.3, -0.25) is 48.6 Å². The molecular formula is C41H42ClN9O6. The molecule has 0 bridgehead atoms. The smallest absolute Gasteiger partial charge is 0.264 e. The summed E-state index contributed by atoms with van der Waals surface area (Å²) in [6.07, 6.45) is 11.4. The number of nitrogens with zero attached hydrogens (tertiary/aromatic N) is 5. The lowest BCUT2D eigenvalue weighted by molar-refractivity contribution is -0.136. The zero-order valence-corrected chi connectivity index (χ0v) is 31.9. The summed E-state index contributed by atoms with van der Waals surface area (Å²) < 4.78 is 1.88. The largest absolute Gasteiger partial charge is 0.375 e. The fraction of sp³-hybridized carbons (Fsp3) is 0.366. The number of benzene rings is 2. The molecule has 8 rings (SSSR count). The van der Waals surface area contributed by atoms with E-state index in [1.807, 2.05) is 23.3 Å². The summed E-state index contributed by atoms with van der Waals surface area (Å²) in [5, 5.41) is 16.2. The Kier molecular flexibility index (Phi) is 10.5. The van der Waals surface area contributed by atoms with E-state index in [9.17, 15) is 28.8 Å². The van der Waals surface area contributed by atoms with Crippen molar-refractivity contribution in [2.45, 2.75) is 57.5 Å². The highest BCUT2D eigenvalue weighted by atomic mass is 35.5. The Labute approximate surface area is 333 Å². The minimum atomic E-state index is -1.07. The molecule has 57 heavy (non-hydrogen) atoms. The van der Waals surface area contributed by atoms with E-state index in [1.54, 1.807) is 18.3 Å². The van der Waals surface area contributed by atoms with Crippen molar-refractivity contribution in [1.29, 1.82) is 0 Å². The summed E-state index contributed by atoms with van der Waals surface area (Å²) in [5.41, 5.74) is 5.20. The first-order valence-corrected chi connectivity index (χ1v) is 19.6. The number of carbonyl (C=O) groups excluding carboxylic acids is 6. The van der Waals surface area contributed by atoms with Crippen molar-refractivity contribution in [1.82, 2.24) is 35.6 Å². The molecular weight excluding hydrogens is 750 g/mol. The van der Waals surface area contributed by atoms with Crippen LogP contribution in [0.2, 0.25) is 5.02 Å². The van der Waals surface area contributed by atoms with Gasteiger partial charge in [-0.25, -0.2) is 0 Å². The number of amides is 6. The number of hydrogen-bond donors (Lipinski definition) is 4. The normalized spacial score (nSPS) is 18.8. The third kappa shape index (κ3) is 7.46. The maximum absolute atomic E-state index is 13.3. The molecule has 3 fully saturated rings. The first kappa shape index (κ1) is 37.8.